The van der Waals surface area contributed by atoms with Crippen molar-refractivity contribution in [1.29, 1.82) is 0 Å². The number of ether oxygens (including phenoxy) is 1. The fourth-order valence-corrected chi connectivity index (χ4v) is 2.41. The van der Waals surface area contributed by atoms with Gasteiger partial charge in [0.2, 0.25) is 0 Å². The Balaban J connectivity index is 2.68. The summed E-state index contributed by atoms with van der Waals surface area (Å²) in [5.41, 5.74) is 2.60. The Labute approximate surface area is 129 Å². The van der Waals surface area contributed by atoms with E-state index in [9.17, 15) is 4.79 Å². The van der Waals surface area contributed by atoms with E-state index in [2.05, 4.69) is 57.3 Å². The summed E-state index contributed by atoms with van der Waals surface area (Å²) < 4.78 is 5.06. The summed E-state index contributed by atoms with van der Waals surface area (Å²) in [4.78, 5) is 11.7. The monoisotopic (exact) mass is 291 g/mol. The topological polar surface area (TPSA) is 38.3 Å². The van der Waals surface area contributed by atoms with Gasteiger partial charge in [-0.3, -0.25) is 4.79 Å². The quantitative estimate of drug-likeness (QED) is 0.743. The molecule has 0 saturated carbocycles. The molecule has 3 heteroatoms. The van der Waals surface area contributed by atoms with E-state index in [0.717, 1.165) is 6.42 Å². The molecule has 1 atom stereocenters. The van der Waals surface area contributed by atoms with Crippen molar-refractivity contribution in [3.05, 3.63) is 35.4 Å². The molecule has 0 saturated heterocycles. The van der Waals surface area contributed by atoms with Gasteiger partial charge in [-0.05, 0) is 30.4 Å². The number of nitrogens with one attached hydrogen (secondary N) is 1. The average molecular weight is 291 g/mol. The summed E-state index contributed by atoms with van der Waals surface area (Å²) in [6.45, 7) is 10.9. The number of hydrogen-bond acceptors (Lipinski definition) is 3. The van der Waals surface area contributed by atoms with Crippen LogP contribution in [0, 0.1) is 0 Å². The van der Waals surface area contributed by atoms with Crippen molar-refractivity contribution in [3.8, 4) is 0 Å². The van der Waals surface area contributed by atoms with Gasteiger partial charge in [0, 0.05) is 12.1 Å². The highest BCUT2D eigenvalue weighted by molar-refractivity contribution is 5.70. The normalized spacial score (nSPS) is 12.7. The lowest BCUT2D eigenvalue weighted by Crippen LogP contribution is -2.38. The van der Waals surface area contributed by atoms with Crippen LogP contribution in [0.1, 0.15) is 58.1 Å². The molecule has 0 aliphatic rings. The van der Waals surface area contributed by atoms with Crippen molar-refractivity contribution in [2.75, 3.05) is 6.61 Å². The third-order valence-electron chi connectivity index (χ3n) is 3.42. The van der Waals surface area contributed by atoms with Gasteiger partial charge >= 0.3 is 5.97 Å². The first kappa shape index (κ1) is 17.7. The Kier molecular flexibility index (Phi) is 7.44. The van der Waals surface area contributed by atoms with Crippen LogP contribution in [-0.4, -0.2) is 24.7 Å². The number of carbonyl (C=O) groups excluding carboxylic acids is 1. The SMILES string of the molecule is CCOC(=O)CC(Cc1ccc(C(C)C)cc1)NC(C)C. The van der Waals surface area contributed by atoms with Gasteiger partial charge in [0.15, 0.2) is 0 Å². The Hall–Kier alpha value is -1.35. The van der Waals surface area contributed by atoms with Crippen LogP contribution in [0.15, 0.2) is 24.3 Å². The van der Waals surface area contributed by atoms with Crippen LogP contribution in [0.2, 0.25) is 0 Å². The standard InChI is InChI=1S/C18H29NO2/c1-6-21-18(20)12-17(19-14(4)5)11-15-7-9-16(10-8-15)13(2)3/h7-10,13-14,17,19H,6,11-12H2,1-5H3. The summed E-state index contributed by atoms with van der Waals surface area (Å²) >= 11 is 0. The van der Waals surface area contributed by atoms with Crippen molar-refractivity contribution in [2.24, 2.45) is 0 Å². The molecule has 0 heterocycles. The van der Waals surface area contributed by atoms with Crippen molar-refractivity contribution in [3.63, 3.8) is 0 Å². The van der Waals surface area contributed by atoms with Crippen LogP contribution < -0.4 is 5.32 Å². The molecular formula is C18H29NO2. The van der Waals surface area contributed by atoms with Crippen molar-refractivity contribution >= 4 is 5.97 Å². The highest BCUT2D eigenvalue weighted by atomic mass is 16.5. The molecule has 1 unspecified atom stereocenters. The molecule has 3 nitrogen and oxygen atoms in total. The molecule has 1 aromatic carbocycles. The van der Waals surface area contributed by atoms with Crippen molar-refractivity contribution in [2.45, 2.75) is 65.5 Å². The van der Waals surface area contributed by atoms with Gasteiger partial charge in [-0.25, -0.2) is 0 Å². The summed E-state index contributed by atoms with van der Waals surface area (Å²) in [6, 6.07) is 9.15. The molecule has 0 aliphatic carbocycles. The molecule has 0 aliphatic heterocycles. The van der Waals surface area contributed by atoms with E-state index >= 15 is 0 Å². The zero-order valence-corrected chi connectivity index (χ0v) is 14.0. The summed E-state index contributed by atoms with van der Waals surface area (Å²) in [6.07, 6.45) is 1.26. The fraction of sp³-hybridized carbons (Fsp3) is 0.611. The van der Waals surface area contributed by atoms with Crippen LogP contribution in [0.4, 0.5) is 0 Å². The summed E-state index contributed by atoms with van der Waals surface area (Å²) in [7, 11) is 0. The minimum absolute atomic E-state index is 0.119. The van der Waals surface area contributed by atoms with E-state index in [0.29, 0.717) is 25.0 Å². The molecular weight excluding hydrogens is 262 g/mol. The van der Waals surface area contributed by atoms with Gasteiger partial charge < -0.3 is 10.1 Å². The maximum Gasteiger partial charge on any atom is 0.307 e. The van der Waals surface area contributed by atoms with Gasteiger partial charge in [-0.1, -0.05) is 52.0 Å². The Bertz CT molecular complexity index is 423. The van der Waals surface area contributed by atoms with Crippen molar-refractivity contribution in [1.82, 2.24) is 5.32 Å². The van der Waals surface area contributed by atoms with Gasteiger partial charge in [0.1, 0.15) is 0 Å². The van der Waals surface area contributed by atoms with E-state index < -0.39 is 0 Å². The van der Waals surface area contributed by atoms with Crippen LogP contribution in [-0.2, 0) is 16.0 Å². The van der Waals surface area contributed by atoms with Gasteiger partial charge in [-0.2, -0.15) is 0 Å². The molecule has 1 aromatic rings. The van der Waals surface area contributed by atoms with Crippen molar-refractivity contribution < 1.29 is 9.53 Å². The first-order chi connectivity index (χ1) is 9.92. The third-order valence-corrected chi connectivity index (χ3v) is 3.42. The first-order valence-corrected chi connectivity index (χ1v) is 7.92. The second kappa shape index (κ2) is 8.83. The van der Waals surface area contributed by atoms with Gasteiger partial charge in [0.25, 0.3) is 0 Å². The first-order valence-electron chi connectivity index (χ1n) is 7.92. The number of carbonyl (C=O) groups is 1. The molecule has 21 heavy (non-hydrogen) atoms. The lowest BCUT2D eigenvalue weighted by molar-refractivity contribution is -0.143. The van der Waals surface area contributed by atoms with Crippen LogP contribution in [0.25, 0.3) is 0 Å². The minimum Gasteiger partial charge on any atom is -0.466 e. The number of hydrogen-bond donors (Lipinski definition) is 1. The lowest BCUT2D eigenvalue weighted by atomic mass is 9.98. The van der Waals surface area contributed by atoms with Crippen LogP contribution >= 0.6 is 0 Å². The molecule has 0 aromatic heterocycles. The largest absolute Gasteiger partial charge is 0.466 e. The molecule has 118 valence electrons. The second-order valence-corrected chi connectivity index (χ2v) is 6.13. The lowest BCUT2D eigenvalue weighted by Gasteiger charge is -2.21. The van der Waals surface area contributed by atoms with Crippen LogP contribution in [0.3, 0.4) is 0 Å². The Morgan fingerprint density at radius 3 is 2.24 bits per heavy atom. The molecule has 0 spiro atoms. The molecule has 0 bridgehead atoms. The zero-order chi connectivity index (χ0) is 15.8. The number of benzene rings is 1. The van der Waals surface area contributed by atoms with E-state index in [1.54, 1.807) is 0 Å². The van der Waals surface area contributed by atoms with E-state index in [-0.39, 0.29) is 12.0 Å². The zero-order valence-electron chi connectivity index (χ0n) is 14.0. The Morgan fingerprint density at radius 2 is 1.76 bits per heavy atom. The van der Waals surface area contributed by atoms with E-state index in [4.69, 9.17) is 4.74 Å². The van der Waals surface area contributed by atoms with E-state index in [1.165, 1.54) is 11.1 Å². The second-order valence-electron chi connectivity index (χ2n) is 6.13. The van der Waals surface area contributed by atoms with Gasteiger partial charge in [0.05, 0.1) is 13.0 Å². The maximum atomic E-state index is 11.7. The number of rotatable bonds is 8. The summed E-state index contributed by atoms with van der Waals surface area (Å²) in [5, 5.41) is 3.45. The predicted octanol–water partition coefficient (Wildman–Crippen LogP) is 3.67. The molecule has 0 radical (unpaired) electrons. The summed E-state index contributed by atoms with van der Waals surface area (Å²) in [5.74, 6) is 0.414. The highest BCUT2D eigenvalue weighted by Gasteiger charge is 2.16. The predicted molar refractivity (Wildman–Crippen MR) is 87.5 cm³/mol. The fourth-order valence-electron chi connectivity index (χ4n) is 2.41. The third kappa shape index (κ3) is 6.76. The Morgan fingerprint density at radius 1 is 1.14 bits per heavy atom. The molecule has 0 amide bonds. The van der Waals surface area contributed by atoms with Crippen LogP contribution in [0.5, 0.6) is 0 Å². The number of esters is 1. The minimum atomic E-state index is -0.130. The van der Waals surface area contributed by atoms with Gasteiger partial charge in [-0.15, -0.1) is 0 Å². The smallest absolute Gasteiger partial charge is 0.307 e. The average Bonchev–Trinajstić information content (AvgIpc) is 2.38. The highest BCUT2D eigenvalue weighted by Crippen LogP contribution is 2.16. The molecule has 1 rings (SSSR count). The van der Waals surface area contributed by atoms with E-state index in [1.807, 2.05) is 6.92 Å². The maximum absolute atomic E-state index is 11.7. The molecule has 1 N–H and O–H groups in total. The molecule has 0 fully saturated rings.